The maximum Gasteiger partial charge on any atom is 0.272 e. The molecule has 0 saturated carbocycles. The van der Waals surface area contributed by atoms with Crippen molar-refractivity contribution in [1.29, 1.82) is 0 Å². The number of nitrogens with zero attached hydrogens (tertiary/aromatic N) is 1. The average Bonchev–Trinajstić information content (AvgIpc) is 2.51. The predicted molar refractivity (Wildman–Crippen MR) is 86.5 cm³/mol. The van der Waals surface area contributed by atoms with Gasteiger partial charge >= 0.3 is 0 Å². The van der Waals surface area contributed by atoms with E-state index in [1.807, 2.05) is 25.1 Å². The van der Waals surface area contributed by atoms with E-state index in [9.17, 15) is 9.59 Å². The Labute approximate surface area is 130 Å². The summed E-state index contributed by atoms with van der Waals surface area (Å²) in [6.07, 6.45) is 0. The van der Waals surface area contributed by atoms with E-state index in [1.54, 1.807) is 18.2 Å². The van der Waals surface area contributed by atoms with Gasteiger partial charge in [0.15, 0.2) is 5.15 Å². The fourth-order valence-electron chi connectivity index (χ4n) is 2.20. The number of hydrogen-bond acceptors (Lipinski definition) is 3. The molecule has 5 nitrogen and oxygen atoms in total. The fraction of sp³-hybridized carbons (Fsp3) is 0.0625. The van der Waals surface area contributed by atoms with Crippen LogP contribution in [0.4, 0.5) is 5.69 Å². The van der Waals surface area contributed by atoms with Crippen molar-refractivity contribution in [2.24, 2.45) is 0 Å². The second-order valence-corrected chi connectivity index (χ2v) is 5.29. The molecule has 1 aromatic heterocycles. The number of H-pyrrole nitrogens is 1. The topological polar surface area (TPSA) is 74.8 Å². The number of carbonyl (C=O) groups excluding carboxylic acids is 1. The molecule has 3 rings (SSSR count). The first-order chi connectivity index (χ1) is 10.5. The van der Waals surface area contributed by atoms with Gasteiger partial charge in [-0.2, -0.15) is 5.10 Å². The van der Waals surface area contributed by atoms with E-state index in [0.29, 0.717) is 22.0 Å². The highest BCUT2D eigenvalue weighted by Crippen LogP contribution is 2.19. The van der Waals surface area contributed by atoms with Gasteiger partial charge in [-0.1, -0.05) is 29.8 Å². The number of nitrogens with one attached hydrogen (secondary N) is 2. The van der Waals surface area contributed by atoms with E-state index < -0.39 is 0 Å². The first-order valence-corrected chi connectivity index (χ1v) is 6.98. The molecule has 22 heavy (non-hydrogen) atoms. The lowest BCUT2D eigenvalue weighted by molar-refractivity contribution is 0.102. The minimum absolute atomic E-state index is 0.195. The molecule has 0 radical (unpaired) electrons. The summed E-state index contributed by atoms with van der Waals surface area (Å²) in [5.41, 5.74) is 1.74. The number of amides is 1. The fourth-order valence-corrected chi connectivity index (χ4v) is 2.41. The number of aromatic amines is 1. The molecular formula is C16H12ClN3O2. The number of carbonyl (C=O) groups is 1. The minimum Gasteiger partial charge on any atom is -0.322 e. The summed E-state index contributed by atoms with van der Waals surface area (Å²) in [4.78, 5) is 24.1. The van der Waals surface area contributed by atoms with E-state index in [0.717, 1.165) is 5.56 Å². The second kappa shape index (κ2) is 5.61. The molecule has 0 bridgehead atoms. The van der Waals surface area contributed by atoms with Crippen LogP contribution in [0.3, 0.4) is 0 Å². The number of benzene rings is 2. The zero-order chi connectivity index (χ0) is 15.7. The van der Waals surface area contributed by atoms with E-state index in [4.69, 9.17) is 11.6 Å². The van der Waals surface area contributed by atoms with Gasteiger partial charge in [-0.3, -0.25) is 9.59 Å². The largest absolute Gasteiger partial charge is 0.322 e. The SMILES string of the molecule is Cc1cccc(NC(=O)c2ccc3c(Cl)n[nH]c(=O)c3c2)c1. The average molecular weight is 314 g/mol. The third-order valence-corrected chi connectivity index (χ3v) is 3.57. The zero-order valence-corrected chi connectivity index (χ0v) is 12.4. The normalized spacial score (nSPS) is 10.6. The van der Waals surface area contributed by atoms with E-state index in [2.05, 4.69) is 15.5 Å². The number of aryl methyl sites for hydroxylation is 1. The Bertz CT molecular complexity index is 934. The maximum absolute atomic E-state index is 12.3. The van der Waals surface area contributed by atoms with Gasteiger partial charge < -0.3 is 5.32 Å². The molecule has 110 valence electrons. The summed E-state index contributed by atoms with van der Waals surface area (Å²) in [5.74, 6) is -0.292. The van der Waals surface area contributed by atoms with Gasteiger partial charge in [-0.05, 0) is 36.8 Å². The summed E-state index contributed by atoms with van der Waals surface area (Å²) >= 11 is 5.93. The number of rotatable bonds is 2. The van der Waals surface area contributed by atoms with Gasteiger partial charge in [0.05, 0.1) is 5.39 Å². The molecule has 3 aromatic rings. The molecule has 0 atom stereocenters. The molecule has 0 aliphatic heterocycles. The third-order valence-electron chi connectivity index (χ3n) is 3.28. The molecule has 2 aromatic carbocycles. The summed E-state index contributed by atoms with van der Waals surface area (Å²) < 4.78 is 0. The number of aromatic nitrogens is 2. The van der Waals surface area contributed by atoms with Gasteiger partial charge in [0.25, 0.3) is 11.5 Å². The lowest BCUT2D eigenvalue weighted by Gasteiger charge is -2.07. The van der Waals surface area contributed by atoms with Crippen LogP contribution < -0.4 is 10.9 Å². The van der Waals surface area contributed by atoms with E-state index in [1.165, 1.54) is 6.07 Å². The van der Waals surface area contributed by atoms with Gasteiger partial charge in [-0.15, -0.1) is 0 Å². The van der Waals surface area contributed by atoms with Crippen LogP contribution in [0.15, 0.2) is 47.3 Å². The highest BCUT2D eigenvalue weighted by molar-refractivity contribution is 6.34. The molecule has 2 N–H and O–H groups in total. The van der Waals surface area contributed by atoms with Crippen molar-refractivity contribution in [2.75, 3.05) is 5.32 Å². The Morgan fingerprint density at radius 3 is 2.77 bits per heavy atom. The summed E-state index contributed by atoms with van der Waals surface area (Å²) in [6.45, 7) is 1.94. The van der Waals surface area contributed by atoms with Crippen molar-refractivity contribution in [3.63, 3.8) is 0 Å². The molecule has 0 unspecified atom stereocenters. The molecule has 0 aliphatic carbocycles. The Morgan fingerprint density at radius 2 is 2.00 bits per heavy atom. The van der Waals surface area contributed by atoms with Crippen LogP contribution >= 0.6 is 11.6 Å². The van der Waals surface area contributed by atoms with Crippen molar-refractivity contribution >= 4 is 34.0 Å². The Balaban J connectivity index is 1.98. The highest BCUT2D eigenvalue weighted by atomic mass is 35.5. The standard InChI is InChI=1S/C16H12ClN3O2/c1-9-3-2-4-11(7-9)18-15(21)10-5-6-12-13(8-10)16(22)20-19-14(12)17/h2-8H,1H3,(H,18,21)(H,20,22). The molecule has 0 spiro atoms. The minimum atomic E-state index is -0.385. The van der Waals surface area contributed by atoms with Crippen molar-refractivity contribution < 1.29 is 4.79 Å². The molecule has 1 amide bonds. The molecule has 0 aliphatic rings. The lowest BCUT2D eigenvalue weighted by Crippen LogP contribution is -2.14. The molecule has 6 heteroatoms. The Kier molecular flexibility index (Phi) is 3.65. The Hall–Kier alpha value is -2.66. The number of halogens is 1. The highest BCUT2D eigenvalue weighted by Gasteiger charge is 2.10. The predicted octanol–water partition coefficient (Wildman–Crippen LogP) is 3.14. The monoisotopic (exact) mass is 313 g/mol. The van der Waals surface area contributed by atoms with Crippen LogP contribution in [-0.4, -0.2) is 16.1 Å². The lowest BCUT2D eigenvalue weighted by atomic mass is 10.1. The van der Waals surface area contributed by atoms with Crippen molar-refractivity contribution in [3.05, 3.63) is 69.1 Å². The number of fused-ring (bicyclic) bond motifs is 1. The quantitative estimate of drug-likeness (QED) is 0.763. The van der Waals surface area contributed by atoms with Gasteiger partial charge in [0.1, 0.15) is 0 Å². The van der Waals surface area contributed by atoms with Gasteiger partial charge in [0.2, 0.25) is 0 Å². The number of anilines is 1. The first-order valence-electron chi connectivity index (χ1n) is 6.60. The molecular weight excluding hydrogens is 302 g/mol. The summed E-state index contributed by atoms with van der Waals surface area (Å²) in [7, 11) is 0. The Morgan fingerprint density at radius 1 is 1.18 bits per heavy atom. The summed E-state index contributed by atoms with van der Waals surface area (Å²) in [6, 6.07) is 12.2. The van der Waals surface area contributed by atoms with Crippen LogP contribution in [0.1, 0.15) is 15.9 Å². The number of hydrogen-bond donors (Lipinski definition) is 2. The van der Waals surface area contributed by atoms with Gasteiger partial charge in [-0.25, -0.2) is 5.10 Å². The van der Waals surface area contributed by atoms with E-state index in [-0.39, 0.29) is 16.6 Å². The summed E-state index contributed by atoms with van der Waals surface area (Å²) in [5, 5.41) is 9.82. The molecule has 1 heterocycles. The van der Waals surface area contributed by atoms with Crippen LogP contribution in [0.25, 0.3) is 10.8 Å². The maximum atomic E-state index is 12.3. The molecule has 0 saturated heterocycles. The van der Waals surface area contributed by atoms with Crippen LogP contribution in [-0.2, 0) is 0 Å². The van der Waals surface area contributed by atoms with E-state index >= 15 is 0 Å². The van der Waals surface area contributed by atoms with Crippen molar-refractivity contribution in [1.82, 2.24) is 10.2 Å². The third kappa shape index (κ3) is 2.71. The van der Waals surface area contributed by atoms with Crippen molar-refractivity contribution in [2.45, 2.75) is 6.92 Å². The zero-order valence-electron chi connectivity index (χ0n) is 11.7. The van der Waals surface area contributed by atoms with Crippen LogP contribution in [0, 0.1) is 6.92 Å². The first kappa shape index (κ1) is 14.3. The smallest absolute Gasteiger partial charge is 0.272 e. The van der Waals surface area contributed by atoms with Crippen molar-refractivity contribution in [3.8, 4) is 0 Å². The van der Waals surface area contributed by atoms with Gasteiger partial charge in [0, 0.05) is 16.6 Å². The van der Waals surface area contributed by atoms with Crippen LogP contribution in [0.5, 0.6) is 0 Å². The van der Waals surface area contributed by atoms with Crippen LogP contribution in [0.2, 0.25) is 5.15 Å². The second-order valence-electron chi connectivity index (χ2n) is 4.93. The molecule has 0 fully saturated rings.